The molecule has 91 valence electrons. The molecule has 0 saturated carbocycles. The summed E-state index contributed by atoms with van der Waals surface area (Å²) >= 11 is 0. The number of hydrogen-bond acceptors (Lipinski definition) is 1. The van der Waals surface area contributed by atoms with Crippen LogP contribution in [0.15, 0.2) is 18.2 Å². The Bertz CT molecular complexity index is 168. The van der Waals surface area contributed by atoms with Crippen molar-refractivity contribution in [2.24, 2.45) is 0 Å². The summed E-state index contributed by atoms with van der Waals surface area (Å²) in [6.07, 6.45) is 10.3. The van der Waals surface area contributed by atoms with Crippen LogP contribution in [0.4, 0.5) is 0 Å². The molecule has 0 heterocycles. The zero-order chi connectivity index (χ0) is 10.5. The van der Waals surface area contributed by atoms with E-state index in [4.69, 9.17) is 5.73 Å². The van der Waals surface area contributed by atoms with E-state index in [1.807, 2.05) is 12.2 Å². The number of amides is 1. The number of rotatable bonds is 1. The zero-order valence-corrected chi connectivity index (χ0v) is 16.1. The van der Waals surface area contributed by atoms with E-state index in [1.165, 1.54) is 0 Å². The maximum Gasteiger partial charge on any atom is 4.00 e. The molecule has 6 heteroatoms. The van der Waals surface area contributed by atoms with Crippen molar-refractivity contribution in [1.82, 2.24) is 0 Å². The molecule has 0 aliphatic heterocycles. The van der Waals surface area contributed by atoms with E-state index in [0.29, 0.717) is 6.42 Å². The van der Waals surface area contributed by atoms with E-state index in [0.717, 1.165) is 15.9 Å². The maximum atomic E-state index is 9.48. The largest absolute Gasteiger partial charge is 4.00 e. The Morgan fingerprint density at radius 3 is 1.88 bits per heavy atom. The summed E-state index contributed by atoms with van der Waals surface area (Å²) in [5.41, 5.74) is 6.19. The average Bonchev–Trinajstić information content (AvgIpc) is 2.62. The van der Waals surface area contributed by atoms with Crippen LogP contribution in [0.3, 0.4) is 0 Å². The Balaban J connectivity index is -0.0000000356. The molecule has 0 bridgehead atoms. The van der Waals surface area contributed by atoms with Crippen LogP contribution < -0.4 is 24.8 Å². The van der Waals surface area contributed by atoms with Gasteiger partial charge in [0.2, 0.25) is 0 Å². The van der Waals surface area contributed by atoms with Crippen LogP contribution >= 0.6 is 0 Å². The number of allylic oxidation sites excluding steroid dienone is 4. The minimum absolute atomic E-state index is 0. The quantitative estimate of drug-likeness (QED) is 0.310. The van der Waals surface area contributed by atoms with Crippen LogP contribution in [0.5, 0.6) is 0 Å². The van der Waals surface area contributed by atoms with Gasteiger partial charge in [-0.2, -0.15) is 6.08 Å². The van der Waals surface area contributed by atoms with Crippen molar-refractivity contribution >= 4 is 15.4 Å². The standard InChI is InChI=1S/C5H5.C3H7NO.C2H7Si.2ClH.Hf/c1-2-4-5-3-1;1-2-3(4)5;1-3-2;;;/h1-3H,4H2;2H2,1H3,(H2,4,5);3H,1-2H3;2*1H;/q-1;;;;;+4/p-3. The van der Waals surface area contributed by atoms with Crippen molar-refractivity contribution in [3.63, 3.8) is 0 Å². The molecule has 0 aromatic carbocycles. The first-order valence-corrected chi connectivity index (χ1v) is 6.70. The number of hydrogen-bond donors (Lipinski definition) is 0. The molecule has 1 amide bonds. The third kappa shape index (κ3) is 46.7. The topological polar surface area (TPSA) is 40.9 Å². The minimum atomic E-state index is -0.495. The summed E-state index contributed by atoms with van der Waals surface area (Å²) in [4.78, 5) is 9.48. The molecule has 0 aromatic heterocycles. The smallest absolute Gasteiger partial charge is 1.00 e. The Morgan fingerprint density at radius 1 is 1.44 bits per heavy atom. The van der Waals surface area contributed by atoms with Gasteiger partial charge in [-0.05, 0) is 6.42 Å². The van der Waals surface area contributed by atoms with Crippen LogP contribution in [-0.4, -0.2) is 15.4 Å². The predicted molar refractivity (Wildman–Crippen MR) is 60.1 cm³/mol. The van der Waals surface area contributed by atoms with E-state index in [2.05, 4.69) is 25.2 Å². The second-order valence-corrected chi connectivity index (χ2v) is 3.51. The zero-order valence-electron chi connectivity index (χ0n) is 9.89. The van der Waals surface area contributed by atoms with Crippen LogP contribution in [-0.2, 0) is 30.6 Å². The predicted octanol–water partition coefficient (Wildman–Crippen LogP) is -3.19. The third-order valence-corrected chi connectivity index (χ3v) is 0.907. The molecule has 1 aliphatic carbocycles. The van der Waals surface area contributed by atoms with E-state index in [1.54, 1.807) is 6.92 Å². The maximum absolute atomic E-state index is 9.48. The van der Waals surface area contributed by atoms with Crippen molar-refractivity contribution in [2.75, 3.05) is 0 Å². The SMILES string of the molecule is CCC([NH-])=O.C[SiH]C.[C-]1=CC=CC1.[Cl-].[Cl-].[Hf+4]. The van der Waals surface area contributed by atoms with Gasteiger partial charge < -0.3 is 35.3 Å². The van der Waals surface area contributed by atoms with E-state index in [-0.39, 0.29) is 50.7 Å². The monoisotopic (exact) mass is 446 g/mol. The first-order valence-electron chi connectivity index (χ1n) is 4.39. The van der Waals surface area contributed by atoms with Crippen LogP contribution in [0.2, 0.25) is 13.1 Å². The molecule has 16 heavy (non-hydrogen) atoms. The second kappa shape index (κ2) is 29.6. The molecule has 1 rings (SSSR count). The molecule has 1 aliphatic rings. The van der Waals surface area contributed by atoms with Gasteiger partial charge >= 0.3 is 25.8 Å². The summed E-state index contributed by atoms with van der Waals surface area (Å²) in [7, 11) is 0.750. The van der Waals surface area contributed by atoms with Crippen molar-refractivity contribution in [2.45, 2.75) is 32.9 Å². The minimum Gasteiger partial charge on any atom is -1.00 e. The molecule has 0 atom stereocenters. The van der Waals surface area contributed by atoms with Gasteiger partial charge in [0.15, 0.2) is 0 Å². The molecule has 0 spiro atoms. The number of halogens is 2. The van der Waals surface area contributed by atoms with Gasteiger partial charge in [0.1, 0.15) is 0 Å². The molecule has 0 saturated heterocycles. The Labute approximate surface area is 133 Å². The summed E-state index contributed by atoms with van der Waals surface area (Å²) in [6.45, 7) is 6.08. The van der Waals surface area contributed by atoms with Gasteiger partial charge in [0.05, 0.1) is 0 Å². The van der Waals surface area contributed by atoms with Gasteiger partial charge in [-0.1, -0.05) is 20.0 Å². The third-order valence-electron chi connectivity index (χ3n) is 0.907. The summed E-state index contributed by atoms with van der Waals surface area (Å²) in [5.74, 6) is -0.495. The van der Waals surface area contributed by atoms with Crippen molar-refractivity contribution < 1.29 is 55.5 Å². The summed E-state index contributed by atoms with van der Waals surface area (Å²) in [6, 6.07) is 0. The molecule has 0 fully saturated rings. The first kappa shape index (κ1) is 30.0. The van der Waals surface area contributed by atoms with Crippen molar-refractivity contribution in [3.05, 3.63) is 30.0 Å². The molecule has 0 aromatic rings. The van der Waals surface area contributed by atoms with Gasteiger partial charge in [-0.25, -0.2) is 12.2 Å². The van der Waals surface area contributed by atoms with Crippen molar-refractivity contribution in [3.8, 4) is 0 Å². The van der Waals surface area contributed by atoms with Gasteiger partial charge in [0.25, 0.3) is 0 Å². The molecular formula is C10H18Cl2HfNOSi. The Morgan fingerprint density at radius 2 is 1.81 bits per heavy atom. The average molecular weight is 446 g/mol. The molecule has 2 nitrogen and oxygen atoms in total. The van der Waals surface area contributed by atoms with Crippen LogP contribution in [0.1, 0.15) is 19.8 Å². The fourth-order valence-corrected chi connectivity index (χ4v) is 0.340. The Kier molecular flexibility index (Phi) is 55.6. The summed E-state index contributed by atoms with van der Waals surface area (Å²) < 4.78 is 0. The second-order valence-electron chi connectivity index (χ2n) is 2.36. The molecular weight excluding hydrogens is 428 g/mol. The fraction of sp³-hybridized carbons (Fsp3) is 0.500. The van der Waals surface area contributed by atoms with E-state index in [9.17, 15) is 4.79 Å². The summed E-state index contributed by atoms with van der Waals surface area (Å²) in [5, 5.41) is 0. The first-order chi connectivity index (χ1) is 6.18. The van der Waals surface area contributed by atoms with E-state index >= 15 is 0 Å². The van der Waals surface area contributed by atoms with Crippen LogP contribution in [0, 0.1) is 6.08 Å². The van der Waals surface area contributed by atoms with Crippen LogP contribution in [0.25, 0.3) is 5.73 Å². The number of carbonyl (C=O) groups is 1. The van der Waals surface area contributed by atoms with Gasteiger partial charge in [-0.15, -0.1) is 6.42 Å². The molecule has 1 N–H and O–H groups in total. The normalized spacial score (nSPS) is 8.94. The Hall–Kier alpha value is 0.617. The fourth-order valence-electron chi connectivity index (χ4n) is 0.340. The number of nitrogens with one attached hydrogen (secondary N) is 1. The van der Waals surface area contributed by atoms with Gasteiger partial charge in [0, 0.05) is 15.4 Å². The number of carbonyl (C=O) groups excluding carboxylic acids is 1. The van der Waals surface area contributed by atoms with Gasteiger partial charge in [-0.3, -0.25) is 6.08 Å². The molecule has 0 unspecified atom stereocenters. The molecule has 1 radical (unpaired) electrons. The van der Waals surface area contributed by atoms with E-state index < -0.39 is 5.91 Å². The van der Waals surface area contributed by atoms with Crippen molar-refractivity contribution in [1.29, 1.82) is 0 Å².